The Labute approximate surface area is 118 Å². The Morgan fingerprint density at radius 2 is 1.25 bits per heavy atom. The molecule has 0 bridgehead atoms. The van der Waals surface area contributed by atoms with E-state index < -0.39 is 17.8 Å². The Bertz CT molecular complexity index is 338. The molecule has 3 aliphatic rings. The molecule has 0 N–H and O–H groups in total. The first kappa shape index (κ1) is 14.6. The first-order valence-corrected chi connectivity index (χ1v) is 8.13. The van der Waals surface area contributed by atoms with Gasteiger partial charge in [-0.15, -0.1) is 0 Å². The van der Waals surface area contributed by atoms with Gasteiger partial charge in [0.05, 0.1) is 0 Å². The van der Waals surface area contributed by atoms with Gasteiger partial charge in [0.1, 0.15) is 0 Å². The van der Waals surface area contributed by atoms with Crippen molar-refractivity contribution < 1.29 is 17.6 Å². The van der Waals surface area contributed by atoms with Crippen LogP contribution in [0.1, 0.15) is 64.2 Å². The molecular formula is C16H24F4. The minimum Gasteiger partial charge on any atom is -0.207 e. The summed E-state index contributed by atoms with van der Waals surface area (Å²) < 4.78 is 54.6. The van der Waals surface area contributed by atoms with Crippen LogP contribution in [0.4, 0.5) is 17.6 Å². The van der Waals surface area contributed by atoms with Crippen LogP contribution in [0.15, 0.2) is 0 Å². The third kappa shape index (κ3) is 2.85. The van der Waals surface area contributed by atoms with Crippen LogP contribution >= 0.6 is 0 Å². The van der Waals surface area contributed by atoms with E-state index in [1.165, 1.54) is 0 Å². The number of alkyl halides is 4. The lowest BCUT2D eigenvalue weighted by molar-refractivity contribution is -0.140. The summed E-state index contributed by atoms with van der Waals surface area (Å²) in [5, 5.41) is 0. The molecule has 3 saturated carbocycles. The summed E-state index contributed by atoms with van der Waals surface area (Å²) in [5.74, 6) is -4.79. The highest BCUT2D eigenvalue weighted by atomic mass is 19.3. The summed E-state index contributed by atoms with van der Waals surface area (Å²) in [6, 6.07) is 0. The summed E-state index contributed by atoms with van der Waals surface area (Å²) in [6.07, 6.45) is 5.02. The Kier molecular flexibility index (Phi) is 3.79. The van der Waals surface area contributed by atoms with Crippen molar-refractivity contribution in [1.29, 1.82) is 0 Å². The maximum atomic E-state index is 14.1. The molecule has 2 unspecified atom stereocenters. The lowest BCUT2D eigenvalue weighted by atomic mass is 9.62. The molecule has 0 aromatic carbocycles. The highest BCUT2D eigenvalue weighted by Gasteiger charge is 2.51. The smallest absolute Gasteiger partial charge is 0.207 e. The highest BCUT2D eigenvalue weighted by molar-refractivity contribution is 4.94. The average molecular weight is 292 g/mol. The van der Waals surface area contributed by atoms with Crippen molar-refractivity contribution in [1.82, 2.24) is 0 Å². The molecule has 3 aliphatic carbocycles. The molecule has 0 amide bonds. The van der Waals surface area contributed by atoms with Crippen LogP contribution in [0.3, 0.4) is 0 Å². The van der Waals surface area contributed by atoms with E-state index in [1.54, 1.807) is 0 Å². The maximum absolute atomic E-state index is 14.1. The Morgan fingerprint density at radius 3 is 1.80 bits per heavy atom. The van der Waals surface area contributed by atoms with Gasteiger partial charge < -0.3 is 0 Å². The monoisotopic (exact) mass is 292 g/mol. The largest absolute Gasteiger partial charge is 0.251 e. The highest BCUT2D eigenvalue weighted by Crippen LogP contribution is 2.53. The average Bonchev–Trinajstić information content (AvgIpc) is 2.30. The molecule has 0 aliphatic heterocycles. The molecular weight excluding hydrogens is 268 g/mol. The molecule has 0 heterocycles. The summed E-state index contributed by atoms with van der Waals surface area (Å²) in [4.78, 5) is 0. The van der Waals surface area contributed by atoms with E-state index >= 15 is 0 Å². The van der Waals surface area contributed by atoms with Crippen LogP contribution in [0.25, 0.3) is 0 Å². The predicted molar refractivity (Wildman–Crippen MR) is 70.0 cm³/mol. The van der Waals surface area contributed by atoms with Crippen molar-refractivity contribution in [2.24, 2.45) is 23.7 Å². The van der Waals surface area contributed by atoms with Crippen LogP contribution in [-0.4, -0.2) is 11.8 Å². The number of hydrogen-bond acceptors (Lipinski definition) is 0. The summed E-state index contributed by atoms with van der Waals surface area (Å²) in [7, 11) is 0. The number of rotatable bonds is 2. The zero-order chi connectivity index (χ0) is 14.4. The molecule has 20 heavy (non-hydrogen) atoms. The van der Waals surface area contributed by atoms with Gasteiger partial charge in [-0.2, -0.15) is 0 Å². The fraction of sp³-hybridized carbons (Fsp3) is 1.00. The molecule has 3 rings (SSSR count). The van der Waals surface area contributed by atoms with Gasteiger partial charge in [0.2, 0.25) is 5.92 Å². The quantitative estimate of drug-likeness (QED) is 0.576. The third-order valence-corrected chi connectivity index (χ3v) is 6.09. The van der Waals surface area contributed by atoms with Crippen LogP contribution in [-0.2, 0) is 0 Å². The van der Waals surface area contributed by atoms with Gasteiger partial charge in [-0.1, -0.05) is 6.42 Å². The second-order valence-corrected chi connectivity index (χ2v) is 7.29. The van der Waals surface area contributed by atoms with Gasteiger partial charge >= 0.3 is 0 Å². The maximum Gasteiger partial charge on any atom is 0.251 e. The minimum atomic E-state index is -2.51. The summed E-state index contributed by atoms with van der Waals surface area (Å²) in [5.41, 5.74) is 0. The van der Waals surface area contributed by atoms with Crippen LogP contribution in [0.5, 0.6) is 0 Å². The second kappa shape index (κ2) is 5.17. The summed E-state index contributed by atoms with van der Waals surface area (Å²) >= 11 is 0. The Hall–Kier alpha value is -0.280. The van der Waals surface area contributed by atoms with E-state index in [0.717, 1.165) is 19.3 Å². The minimum absolute atomic E-state index is 0.0221. The summed E-state index contributed by atoms with van der Waals surface area (Å²) in [6.45, 7) is 0. The SMILES string of the molecule is FC1(F)CCC(C2CCC(F)(F)C(C3CCC3)C2)CC1. The van der Waals surface area contributed by atoms with Crippen molar-refractivity contribution in [2.75, 3.05) is 0 Å². The topological polar surface area (TPSA) is 0 Å². The Balaban J connectivity index is 1.61. The second-order valence-electron chi connectivity index (χ2n) is 7.29. The lowest BCUT2D eigenvalue weighted by Crippen LogP contribution is -2.44. The van der Waals surface area contributed by atoms with E-state index in [0.29, 0.717) is 25.7 Å². The number of hydrogen-bond donors (Lipinski definition) is 0. The molecule has 2 atom stereocenters. The van der Waals surface area contributed by atoms with E-state index in [1.807, 2.05) is 0 Å². The van der Waals surface area contributed by atoms with Crippen LogP contribution in [0.2, 0.25) is 0 Å². The molecule has 4 heteroatoms. The van der Waals surface area contributed by atoms with Crippen molar-refractivity contribution in [3.63, 3.8) is 0 Å². The van der Waals surface area contributed by atoms with E-state index in [4.69, 9.17) is 0 Å². The van der Waals surface area contributed by atoms with Crippen molar-refractivity contribution in [3.8, 4) is 0 Å². The fourth-order valence-corrected chi connectivity index (χ4v) is 4.52. The fourth-order valence-electron chi connectivity index (χ4n) is 4.52. The zero-order valence-electron chi connectivity index (χ0n) is 11.9. The number of halogens is 4. The van der Waals surface area contributed by atoms with E-state index in [-0.39, 0.29) is 37.0 Å². The molecule has 0 saturated heterocycles. The van der Waals surface area contributed by atoms with Gasteiger partial charge in [-0.05, 0) is 56.3 Å². The standard InChI is InChI=1S/C16H24F4/c17-15(18)7-4-11(5-8-15)13-6-9-16(19,20)14(10-13)12-2-1-3-12/h11-14H,1-10H2. The van der Waals surface area contributed by atoms with Gasteiger partial charge in [-0.3, -0.25) is 0 Å². The van der Waals surface area contributed by atoms with Crippen molar-refractivity contribution in [2.45, 2.75) is 76.1 Å². The van der Waals surface area contributed by atoms with Crippen molar-refractivity contribution >= 4 is 0 Å². The van der Waals surface area contributed by atoms with Crippen LogP contribution < -0.4 is 0 Å². The van der Waals surface area contributed by atoms with Crippen molar-refractivity contribution in [3.05, 3.63) is 0 Å². The molecule has 0 aromatic rings. The van der Waals surface area contributed by atoms with Gasteiger partial charge in [0.15, 0.2) is 0 Å². The van der Waals surface area contributed by atoms with Gasteiger partial charge in [0.25, 0.3) is 5.92 Å². The molecule has 0 spiro atoms. The molecule has 116 valence electrons. The predicted octanol–water partition coefficient (Wildman–Crippen LogP) is 5.66. The molecule has 0 nitrogen and oxygen atoms in total. The lowest BCUT2D eigenvalue weighted by Gasteiger charge is -2.46. The third-order valence-electron chi connectivity index (χ3n) is 6.09. The zero-order valence-corrected chi connectivity index (χ0v) is 11.9. The molecule has 0 aromatic heterocycles. The van der Waals surface area contributed by atoms with E-state index in [2.05, 4.69) is 0 Å². The van der Waals surface area contributed by atoms with Gasteiger partial charge in [-0.25, -0.2) is 17.6 Å². The Morgan fingerprint density at radius 1 is 0.650 bits per heavy atom. The molecule has 0 radical (unpaired) electrons. The van der Waals surface area contributed by atoms with Crippen LogP contribution in [0, 0.1) is 23.7 Å². The first-order valence-electron chi connectivity index (χ1n) is 8.13. The molecule has 3 fully saturated rings. The normalized spacial score (nSPS) is 38.4. The first-order chi connectivity index (χ1) is 9.37. The van der Waals surface area contributed by atoms with E-state index in [9.17, 15) is 17.6 Å². The van der Waals surface area contributed by atoms with Gasteiger partial charge in [0, 0.05) is 25.2 Å².